The Labute approximate surface area is 143 Å². The van der Waals surface area contributed by atoms with Crippen LogP contribution in [-0.2, 0) is 0 Å². The van der Waals surface area contributed by atoms with Gasteiger partial charge in [0.1, 0.15) is 6.17 Å². The molecule has 0 bridgehead atoms. The summed E-state index contributed by atoms with van der Waals surface area (Å²) in [5.41, 5.74) is 7.45. The van der Waals surface area contributed by atoms with Crippen LogP contribution in [0.2, 0.25) is 0 Å². The van der Waals surface area contributed by atoms with Gasteiger partial charge >= 0.3 is 0 Å². The van der Waals surface area contributed by atoms with E-state index in [1.54, 1.807) is 6.07 Å². The third-order valence-corrected chi connectivity index (χ3v) is 4.94. The van der Waals surface area contributed by atoms with Gasteiger partial charge in [0.2, 0.25) is 5.69 Å². The summed E-state index contributed by atoms with van der Waals surface area (Å²) in [7, 11) is 2.03. The number of nitrogens with zero attached hydrogens (tertiary/aromatic N) is 4. The van der Waals surface area contributed by atoms with Crippen LogP contribution in [0.25, 0.3) is 9.69 Å². The summed E-state index contributed by atoms with van der Waals surface area (Å²) in [5.74, 6) is 0. The highest BCUT2D eigenvalue weighted by Gasteiger charge is 2.35. The lowest BCUT2D eigenvalue weighted by molar-refractivity contribution is 0.732. The summed E-state index contributed by atoms with van der Waals surface area (Å²) < 4.78 is 0. The number of benzene rings is 2. The Morgan fingerprint density at radius 2 is 1.71 bits per heavy atom. The summed E-state index contributed by atoms with van der Waals surface area (Å²) in [5, 5.41) is 0. The van der Waals surface area contributed by atoms with Crippen LogP contribution in [0, 0.1) is 33.9 Å². The standard InChI is InChI=1S/C20H20N4/c1-12-10-13(2)14(3)18(11-12)24-15(4)23(7)17-9-8-16(21-5)19(22-6)20(17)24/h8-11,15H,1-4,7H3/t15-/m0/s1. The minimum absolute atomic E-state index is 0.0846. The van der Waals surface area contributed by atoms with Crippen molar-refractivity contribution in [3.8, 4) is 0 Å². The van der Waals surface area contributed by atoms with Crippen molar-refractivity contribution in [1.29, 1.82) is 0 Å². The number of anilines is 3. The Kier molecular flexibility index (Phi) is 3.70. The Hall–Kier alpha value is -2.98. The maximum Gasteiger partial charge on any atom is 0.219 e. The molecule has 1 aliphatic rings. The van der Waals surface area contributed by atoms with Crippen LogP contribution in [0.4, 0.5) is 28.4 Å². The molecule has 0 fully saturated rings. The number of rotatable bonds is 1. The first kappa shape index (κ1) is 15.9. The van der Waals surface area contributed by atoms with Gasteiger partial charge in [0.15, 0.2) is 5.69 Å². The van der Waals surface area contributed by atoms with E-state index in [0.717, 1.165) is 17.1 Å². The van der Waals surface area contributed by atoms with E-state index in [0.29, 0.717) is 11.4 Å². The Morgan fingerprint density at radius 1 is 1.00 bits per heavy atom. The molecule has 24 heavy (non-hydrogen) atoms. The first-order valence-corrected chi connectivity index (χ1v) is 7.92. The summed E-state index contributed by atoms with van der Waals surface area (Å²) >= 11 is 0. The van der Waals surface area contributed by atoms with Gasteiger partial charge < -0.3 is 9.80 Å². The highest BCUT2D eigenvalue weighted by molar-refractivity contribution is 5.99. The Bertz CT molecular complexity index is 915. The van der Waals surface area contributed by atoms with Crippen molar-refractivity contribution in [2.45, 2.75) is 33.9 Å². The smallest absolute Gasteiger partial charge is 0.219 e. The average Bonchev–Trinajstić information content (AvgIpc) is 2.81. The molecule has 4 nitrogen and oxygen atoms in total. The fraction of sp³-hybridized carbons (Fsp3) is 0.300. The van der Waals surface area contributed by atoms with Gasteiger partial charge in [0, 0.05) is 18.4 Å². The summed E-state index contributed by atoms with van der Waals surface area (Å²) in [6.45, 7) is 23.4. The number of hydrogen-bond acceptors (Lipinski definition) is 2. The van der Waals surface area contributed by atoms with Gasteiger partial charge in [-0.1, -0.05) is 12.1 Å². The normalized spacial score (nSPS) is 15.9. The van der Waals surface area contributed by atoms with Crippen molar-refractivity contribution >= 4 is 28.4 Å². The molecule has 1 atom stereocenters. The second kappa shape index (κ2) is 5.58. The molecule has 0 saturated carbocycles. The molecule has 0 aliphatic carbocycles. The molecule has 1 heterocycles. The van der Waals surface area contributed by atoms with Gasteiger partial charge in [0.25, 0.3) is 0 Å². The second-order valence-corrected chi connectivity index (χ2v) is 6.36. The van der Waals surface area contributed by atoms with Gasteiger partial charge in [0.05, 0.1) is 18.8 Å². The molecule has 2 aromatic rings. The highest BCUT2D eigenvalue weighted by atomic mass is 15.4. The predicted octanol–water partition coefficient (Wildman–Crippen LogP) is 5.65. The van der Waals surface area contributed by atoms with E-state index in [1.165, 1.54) is 16.7 Å². The predicted molar refractivity (Wildman–Crippen MR) is 99.6 cm³/mol. The number of aryl methyl sites for hydroxylation is 2. The van der Waals surface area contributed by atoms with Crippen molar-refractivity contribution in [1.82, 2.24) is 0 Å². The van der Waals surface area contributed by atoms with Crippen LogP contribution in [0.3, 0.4) is 0 Å². The number of hydrogen-bond donors (Lipinski definition) is 0. The molecule has 0 spiro atoms. The summed E-state index contributed by atoms with van der Waals surface area (Å²) in [6, 6.07) is 8.04. The van der Waals surface area contributed by atoms with Crippen LogP contribution >= 0.6 is 0 Å². The van der Waals surface area contributed by atoms with E-state index in [9.17, 15) is 0 Å². The third-order valence-electron chi connectivity index (χ3n) is 4.94. The van der Waals surface area contributed by atoms with Gasteiger partial charge in [-0.05, 0) is 56.5 Å². The van der Waals surface area contributed by atoms with Crippen LogP contribution in [0.1, 0.15) is 23.6 Å². The lowest BCUT2D eigenvalue weighted by atomic mass is 10.0. The second-order valence-electron chi connectivity index (χ2n) is 6.36. The molecule has 0 amide bonds. The third kappa shape index (κ3) is 2.12. The number of fused-ring (bicyclic) bond motifs is 1. The van der Waals surface area contributed by atoms with Crippen LogP contribution in [-0.4, -0.2) is 13.2 Å². The molecule has 0 radical (unpaired) electrons. The lowest BCUT2D eigenvalue weighted by Gasteiger charge is -2.30. The van der Waals surface area contributed by atoms with Gasteiger partial charge in [-0.25, -0.2) is 4.85 Å². The Morgan fingerprint density at radius 3 is 2.33 bits per heavy atom. The molecule has 0 unspecified atom stereocenters. The van der Waals surface area contributed by atoms with Crippen molar-refractivity contribution in [2.24, 2.45) is 0 Å². The van der Waals surface area contributed by atoms with Gasteiger partial charge in [-0.2, -0.15) is 0 Å². The molecule has 2 aromatic carbocycles. The van der Waals surface area contributed by atoms with E-state index >= 15 is 0 Å². The molecular formula is C20H20N4. The highest BCUT2D eigenvalue weighted by Crippen LogP contribution is 2.53. The fourth-order valence-corrected chi connectivity index (χ4v) is 3.43. The SMILES string of the molecule is [C-]#[N+]c1ccc2c(c1[N+]#[C-])N(c1cc(C)cc(C)c1C)[C@@H](C)N2C. The topological polar surface area (TPSA) is 15.2 Å². The first-order valence-electron chi connectivity index (χ1n) is 7.92. The van der Waals surface area contributed by atoms with E-state index in [1.807, 2.05) is 13.1 Å². The quantitative estimate of drug-likeness (QED) is 0.632. The van der Waals surface area contributed by atoms with Crippen LogP contribution in [0.15, 0.2) is 24.3 Å². The van der Waals surface area contributed by atoms with Crippen molar-refractivity contribution in [3.63, 3.8) is 0 Å². The molecule has 0 aromatic heterocycles. The van der Waals surface area contributed by atoms with Crippen molar-refractivity contribution in [2.75, 3.05) is 16.8 Å². The summed E-state index contributed by atoms with van der Waals surface area (Å²) in [6.07, 6.45) is 0.0846. The van der Waals surface area contributed by atoms with E-state index in [4.69, 9.17) is 13.1 Å². The zero-order valence-corrected chi connectivity index (χ0v) is 14.7. The van der Waals surface area contributed by atoms with Gasteiger partial charge in [-0.3, -0.25) is 4.85 Å². The maximum absolute atomic E-state index is 7.62. The lowest BCUT2D eigenvalue weighted by Crippen LogP contribution is -2.36. The minimum Gasteiger partial charge on any atom is -0.354 e. The first-order chi connectivity index (χ1) is 11.4. The molecule has 3 rings (SSSR count). The van der Waals surface area contributed by atoms with Crippen molar-refractivity contribution in [3.05, 3.63) is 63.8 Å². The molecule has 4 heteroatoms. The zero-order valence-electron chi connectivity index (χ0n) is 14.7. The Balaban J connectivity index is 2.35. The zero-order chi connectivity index (χ0) is 17.6. The summed E-state index contributed by atoms with van der Waals surface area (Å²) in [4.78, 5) is 11.6. The molecule has 0 N–H and O–H groups in total. The van der Waals surface area contributed by atoms with E-state index < -0.39 is 0 Å². The molecule has 1 aliphatic heterocycles. The fourth-order valence-electron chi connectivity index (χ4n) is 3.43. The van der Waals surface area contributed by atoms with Crippen molar-refractivity contribution < 1.29 is 0 Å². The maximum atomic E-state index is 7.62. The minimum atomic E-state index is 0.0846. The van der Waals surface area contributed by atoms with Crippen LogP contribution in [0.5, 0.6) is 0 Å². The van der Waals surface area contributed by atoms with E-state index in [-0.39, 0.29) is 6.17 Å². The van der Waals surface area contributed by atoms with E-state index in [2.05, 4.69) is 59.3 Å². The average molecular weight is 316 g/mol. The molecule has 120 valence electrons. The monoisotopic (exact) mass is 316 g/mol. The van der Waals surface area contributed by atoms with Crippen LogP contribution < -0.4 is 9.80 Å². The largest absolute Gasteiger partial charge is 0.354 e. The van der Waals surface area contributed by atoms with Gasteiger partial charge in [-0.15, -0.1) is 0 Å². The molecular weight excluding hydrogens is 296 g/mol. The molecule has 0 saturated heterocycles.